The summed E-state index contributed by atoms with van der Waals surface area (Å²) in [7, 11) is 4.37. The van der Waals surface area contributed by atoms with Crippen molar-refractivity contribution in [1.29, 1.82) is 0 Å². The number of rotatable bonds is 12. The molecule has 0 aliphatic carbocycles. The second kappa shape index (κ2) is 15.4. The van der Waals surface area contributed by atoms with Crippen LogP contribution in [0.1, 0.15) is 43.6 Å². The molecular formula is C33H30BrN3O8. The summed E-state index contributed by atoms with van der Waals surface area (Å²) in [6.45, 7) is 2.11. The van der Waals surface area contributed by atoms with Gasteiger partial charge in [-0.3, -0.25) is 9.59 Å². The minimum atomic E-state index is -0.664. The first-order chi connectivity index (χ1) is 21.8. The molecular weight excluding hydrogens is 646 g/mol. The number of nitrogens with zero attached hydrogens (tertiary/aromatic N) is 1. The highest BCUT2D eigenvalue weighted by atomic mass is 79.9. The Kier molecular flexibility index (Phi) is 11.1. The molecule has 0 bridgehead atoms. The number of halogens is 1. The molecule has 232 valence electrons. The summed E-state index contributed by atoms with van der Waals surface area (Å²) in [6, 6.07) is 21.2. The number of hydrogen-bond donors (Lipinski definition) is 2. The molecule has 0 unspecified atom stereocenters. The first-order valence-electron chi connectivity index (χ1n) is 13.6. The van der Waals surface area contributed by atoms with E-state index in [2.05, 4.69) is 31.8 Å². The van der Waals surface area contributed by atoms with Crippen molar-refractivity contribution in [2.75, 3.05) is 33.3 Å². The average molecular weight is 677 g/mol. The minimum absolute atomic E-state index is 0.181. The van der Waals surface area contributed by atoms with Gasteiger partial charge in [0.25, 0.3) is 11.8 Å². The number of ether oxygens (including phenoxy) is 5. The number of hydrazone groups is 1. The van der Waals surface area contributed by atoms with Crippen LogP contribution >= 0.6 is 15.9 Å². The number of nitrogens with one attached hydrogen (secondary N) is 2. The zero-order chi connectivity index (χ0) is 32.3. The largest absolute Gasteiger partial charge is 0.493 e. The first kappa shape index (κ1) is 32.6. The summed E-state index contributed by atoms with van der Waals surface area (Å²) in [5.41, 5.74) is 4.62. The van der Waals surface area contributed by atoms with Crippen LogP contribution in [0, 0.1) is 0 Å². The van der Waals surface area contributed by atoms with Gasteiger partial charge in [-0.1, -0.05) is 15.9 Å². The molecule has 45 heavy (non-hydrogen) atoms. The van der Waals surface area contributed by atoms with E-state index >= 15 is 0 Å². The highest BCUT2D eigenvalue weighted by Crippen LogP contribution is 2.39. The maximum atomic E-state index is 13.0. The normalized spacial score (nSPS) is 10.6. The van der Waals surface area contributed by atoms with E-state index in [1.54, 1.807) is 73.7 Å². The summed E-state index contributed by atoms with van der Waals surface area (Å²) < 4.78 is 28.1. The van der Waals surface area contributed by atoms with Crippen LogP contribution in [0.2, 0.25) is 0 Å². The number of carbonyl (C=O) groups is 3. The van der Waals surface area contributed by atoms with Crippen molar-refractivity contribution in [3.8, 4) is 28.7 Å². The Hall–Kier alpha value is -5.36. The molecule has 0 heterocycles. The quantitative estimate of drug-likeness (QED) is 0.0795. The Balaban J connectivity index is 1.39. The number of amides is 2. The standard InChI is InChI=1S/C33H30BrN3O8/c1-5-44-27-16-20(6-15-26(27)45-33(40)23-17-28(41-2)30(43-4)29(18-23)42-3)19-35-37-32(39)22-9-13-25(14-10-22)36-31(38)21-7-11-24(34)12-8-21/h6-19H,5H2,1-4H3,(H,36,38)(H,37,39)/b35-19-. The molecule has 0 atom stereocenters. The molecule has 0 aliphatic heterocycles. The second-order valence-electron chi connectivity index (χ2n) is 9.18. The first-order valence-corrected chi connectivity index (χ1v) is 14.3. The molecule has 0 spiro atoms. The van der Waals surface area contributed by atoms with Crippen LogP contribution in [-0.2, 0) is 0 Å². The summed E-state index contributed by atoms with van der Waals surface area (Å²) in [6.07, 6.45) is 1.43. The van der Waals surface area contributed by atoms with E-state index in [0.29, 0.717) is 52.0 Å². The van der Waals surface area contributed by atoms with E-state index < -0.39 is 11.9 Å². The van der Waals surface area contributed by atoms with Crippen LogP contribution in [0.15, 0.2) is 88.4 Å². The second-order valence-corrected chi connectivity index (χ2v) is 10.1. The summed E-state index contributed by atoms with van der Waals surface area (Å²) >= 11 is 3.34. The molecule has 0 aliphatic rings. The molecule has 0 radical (unpaired) electrons. The van der Waals surface area contributed by atoms with E-state index in [1.807, 2.05) is 0 Å². The third-order valence-electron chi connectivity index (χ3n) is 6.26. The monoisotopic (exact) mass is 675 g/mol. The van der Waals surface area contributed by atoms with Gasteiger partial charge in [-0.2, -0.15) is 5.10 Å². The number of hydrogen-bond acceptors (Lipinski definition) is 9. The number of esters is 1. The van der Waals surface area contributed by atoms with Crippen molar-refractivity contribution >= 4 is 45.6 Å². The lowest BCUT2D eigenvalue weighted by Crippen LogP contribution is -2.18. The molecule has 11 nitrogen and oxygen atoms in total. The lowest BCUT2D eigenvalue weighted by Gasteiger charge is -2.15. The maximum Gasteiger partial charge on any atom is 0.343 e. The Morgan fingerprint density at radius 2 is 1.36 bits per heavy atom. The van der Waals surface area contributed by atoms with Gasteiger partial charge in [-0.05, 0) is 91.3 Å². The molecule has 0 saturated heterocycles. The van der Waals surface area contributed by atoms with Crippen molar-refractivity contribution in [1.82, 2.24) is 5.43 Å². The van der Waals surface area contributed by atoms with E-state index in [4.69, 9.17) is 23.7 Å². The van der Waals surface area contributed by atoms with E-state index in [0.717, 1.165) is 4.47 Å². The van der Waals surface area contributed by atoms with Gasteiger partial charge < -0.3 is 29.0 Å². The van der Waals surface area contributed by atoms with Gasteiger partial charge in [-0.25, -0.2) is 10.2 Å². The number of anilines is 1. The molecule has 4 aromatic carbocycles. The number of carbonyl (C=O) groups excluding carboxylic acids is 3. The maximum absolute atomic E-state index is 13.0. The zero-order valence-corrected chi connectivity index (χ0v) is 26.5. The molecule has 0 fully saturated rings. The van der Waals surface area contributed by atoms with Gasteiger partial charge in [0.1, 0.15) is 0 Å². The number of methoxy groups -OCH3 is 3. The highest BCUT2D eigenvalue weighted by Gasteiger charge is 2.20. The summed E-state index contributed by atoms with van der Waals surface area (Å²) in [5, 5.41) is 6.82. The van der Waals surface area contributed by atoms with E-state index in [9.17, 15) is 14.4 Å². The van der Waals surface area contributed by atoms with Crippen LogP contribution in [0.4, 0.5) is 5.69 Å². The van der Waals surface area contributed by atoms with Crippen LogP contribution in [0.3, 0.4) is 0 Å². The van der Waals surface area contributed by atoms with Crippen molar-refractivity contribution in [2.45, 2.75) is 6.92 Å². The Bertz CT molecular complexity index is 1680. The predicted molar refractivity (Wildman–Crippen MR) is 172 cm³/mol. The van der Waals surface area contributed by atoms with Crippen LogP contribution < -0.4 is 34.4 Å². The fourth-order valence-electron chi connectivity index (χ4n) is 4.05. The Labute approximate surface area is 268 Å². The van der Waals surface area contributed by atoms with Crippen molar-refractivity contribution < 1.29 is 38.1 Å². The molecule has 0 saturated carbocycles. The fraction of sp³-hybridized carbons (Fsp3) is 0.152. The van der Waals surface area contributed by atoms with Crippen molar-refractivity contribution in [3.63, 3.8) is 0 Å². The third kappa shape index (κ3) is 8.39. The predicted octanol–water partition coefficient (Wildman–Crippen LogP) is 6.11. The van der Waals surface area contributed by atoms with Gasteiger partial charge in [0.05, 0.1) is 39.7 Å². The molecule has 2 amide bonds. The molecule has 4 aromatic rings. The van der Waals surface area contributed by atoms with Crippen LogP contribution in [-0.4, -0.2) is 51.9 Å². The van der Waals surface area contributed by atoms with Gasteiger partial charge in [-0.15, -0.1) is 0 Å². The lowest BCUT2D eigenvalue weighted by molar-refractivity contribution is 0.0727. The molecule has 4 rings (SSSR count). The average Bonchev–Trinajstić information content (AvgIpc) is 3.05. The number of benzene rings is 4. The van der Waals surface area contributed by atoms with Crippen molar-refractivity contribution in [2.24, 2.45) is 5.10 Å². The van der Waals surface area contributed by atoms with Gasteiger partial charge >= 0.3 is 5.97 Å². The van der Waals surface area contributed by atoms with Gasteiger partial charge in [0.15, 0.2) is 23.0 Å². The van der Waals surface area contributed by atoms with Gasteiger partial charge in [0, 0.05) is 21.3 Å². The molecule has 12 heteroatoms. The van der Waals surface area contributed by atoms with Gasteiger partial charge in [0.2, 0.25) is 5.75 Å². The summed E-state index contributed by atoms with van der Waals surface area (Å²) in [5.74, 6) is 0.0704. The lowest BCUT2D eigenvalue weighted by atomic mass is 10.1. The van der Waals surface area contributed by atoms with Crippen LogP contribution in [0.25, 0.3) is 0 Å². The SMILES string of the molecule is CCOc1cc(/C=N\NC(=O)c2ccc(NC(=O)c3ccc(Br)cc3)cc2)ccc1OC(=O)c1cc(OC)c(OC)c(OC)c1. The van der Waals surface area contributed by atoms with Crippen LogP contribution in [0.5, 0.6) is 28.7 Å². The topological polar surface area (TPSA) is 134 Å². The smallest absolute Gasteiger partial charge is 0.343 e. The Morgan fingerprint density at radius 3 is 1.96 bits per heavy atom. The van der Waals surface area contributed by atoms with Crippen molar-refractivity contribution in [3.05, 3.63) is 106 Å². The molecule has 0 aromatic heterocycles. The summed E-state index contributed by atoms with van der Waals surface area (Å²) in [4.78, 5) is 38.0. The highest BCUT2D eigenvalue weighted by molar-refractivity contribution is 9.10. The third-order valence-corrected chi connectivity index (χ3v) is 6.79. The van der Waals surface area contributed by atoms with E-state index in [1.165, 1.54) is 39.7 Å². The fourth-order valence-corrected chi connectivity index (χ4v) is 4.32. The Morgan fingerprint density at radius 1 is 0.733 bits per heavy atom. The minimum Gasteiger partial charge on any atom is -0.493 e. The zero-order valence-electron chi connectivity index (χ0n) is 24.9. The molecule has 2 N–H and O–H groups in total. The van der Waals surface area contributed by atoms with E-state index in [-0.39, 0.29) is 17.2 Å².